The molecule has 3 aromatic carbocycles. The molecule has 4 aliphatic rings. The van der Waals surface area contributed by atoms with Crippen molar-refractivity contribution in [1.82, 2.24) is 39.7 Å². The number of methoxy groups -OCH3 is 1. The van der Waals surface area contributed by atoms with Gasteiger partial charge in [0.05, 0.1) is 23.3 Å². The van der Waals surface area contributed by atoms with E-state index in [9.17, 15) is 24.0 Å². The van der Waals surface area contributed by atoms with Gasteiger partial charge in [0.1, 0.15) is 11.4 Å². The summed E-state index contributed by atoms with van der Waals surface area (Å²) in [5.74, 6) is -0.292. The maximum absolute atomic E-state index is 16.8. The maximum Gasteiger partial charge on any atom is 0.328 e. The predicted molar refractivity (Wildman–Crippen MR) is 254 cm³/mol. The van der Waals surface area contributed by atoms with Crippen molar-refractivity contribution in [3.8, 4) is 16.9 Å². The van der Waals surface area contributed by atoms with Crippen LogP contribution in [0.4, 0.5) is 14.9 Å². The molecule has 0 saturated carbocycles. The highest BCUT2D eigenvalue weighted by Crippen LogP contribution is 2.42. The monoisotopic (exact) mass is 931 g/mol. The van der Waals surface area contributed by atoms with Crippen LogP contribution in [0.15, 0.2) is 73.1 Å². The number of anilines is 1. The normalized spacial score (nSPS) is 17.7. The summed E-state index contributed by atoms with van der Waals surface area (Å²) in [6.07, 6.45) is 10.1. The molecule has 6 heterocycles. The van der Waals surface area contributed by atoms with Gasteiger partial charge in [-0.2, -0.15) is 5.10 Å². The van der Waals surface area contributed by atoms with E-state index in [-0.39, 0.29) is 60.8 Å². The molecule has 0 unspecified atom stereocenters. The van der Waals surface area contributed by atoms with Gasteiger partial charge >= 0.3 is 6.03 Å². The van der Waals surface area contributed by atoms with E-state index in [2.05, 4.69) is 32.4 Å². The van der Waals surface area contributed by atoms with Gasteiger partial charge < -0.3 is 29.3 Å². The molecule has 9 rings (SSSR count). The summed E-state index contributed by atoms with van der Waals surface area (Å²) < 4.78 is 24.6. The first-order chi connectivity index (χ1) is 32.4. The summed E-state index contributed by atoms with van der Waals surface area (Å²) in [5, 5.41) is 7.42. The highest BCUT2D eigenvalue weighted by molar-refractivity contribution is 6.34. The summed E-state index contributed by atoms with van der Waals surface area (Å²) in [5.41, 5.74) is 5.06. The van der Waals surface area contributed by atoms with Crippen LogP contribution in [-0.4, -0.2) is 137 Å². The Morgan fingerprint density at radius 2 is 1.70 bits per heavy atom. The number of halogens is 2. The number of piperidine rings is 2. The Morgan fingerprint density at radius 3 is 2.42 bits per heavy atom. The van der Waals surface area contributed by atoms with Crippen LogP contribution in [0.25, 0.3) is 27.6 Å². The lowest BCUT2D eigenvalue weighted by atomic mass is 9.86. The van der Waals surface area contributed by atoms with Gasteiger partial charge in [-0.05, 0) is 110 Å². The topological polar surface area (TPSA) is 156 Å². The van der Waals surface area contributed by atoms with Gasteiger partial charge in [0.15, 0.2) is 5.82 Å². The van der Waals surface area contributed by atoms with Crippen molar-refractivity contribution < 1.29 is 33.1 Å². The van der Waals surface area contributed by atoms with Crippen LogP contribution in [0, 0.1) is 5.82 Å². The number of carbonyl (C=O) groups is 5. The van der Waals surface area contributed by atoms with Crippen LogP contribution in [0.1, 0.15) is 82.8 Å². The molecular formula is C50H55ClFN9O6. The van der Waals surface area contributed by atoms with Crippen molar-refractivity contribution in [3.05, 3.63) is 106 Å². The number of carbonyl (C=O) groups excluding carboxylic acids is 5. The van der Waals surface area contributed by atoms with Gasteiger partial charge in [0, 0.05) is 107 Å². The minimum absolute atomic E-state index is 0.0276. The molecule has 3 saturated heterocycles. The fourth-order valence-corrected chi connectivity index (χ4v) is 10.3. The maximum atomic E-state index is 16.8. The first kappa shape index (κ1) is 45.6. The zero-order valence-corrected chi connectivity index (χ0v) is 38.8. The molecule has 67 heavy (non-hydrogen) atoms. The molecule has 0 spiro atoms. The van der Waals surface area contributed by atoms with Gasteiger partial charge in [-0.3, -0.25) is 34.1 Å². The van der Waals surface area contributed by atoms with Crippen molar-refractivity contribution in [2.75, 3.05) is 71.9 Å². The molecule has 350 valence electrons. The molecule has 0 aliphatic carbocycles. The van der Waals surface area contributed by atoms with E-state index in [1.54, 1.807) is 61.2 Å². The Morgan fingerprint density at radius 1 is 0.910 bits per heavy atom. The number of amides is 6. The first-order valence-electron chi connectivity index (χ1n) is 23.0. The number of urea groups is 1. The molecule has 6 amide bonds. The molecule has 0 radical (unpaired) electrons. The van der Waals surface area contributed by atoms with Gasteiger partial charge in [0.25, 0.3) is 11.8 Å². The standard InChI is InChI=1S/C50H55ClFN9O6/c1-56(2)49(65)41-29-39-38(28-37(46(52)47(39)54-41)34-6-4-18-59(30-34)45(63)16-24-60-19-5-17-53-60)36-9-7-32(27-43(36)67-3)31-11-20-57(21-12-31)35-13-22-58(23-14-35)48(64)33-8-10-40(51)42(26-33)61-25-15-44(62)55-50(61)66/h5-10,17,19,26-29,31,35,54H,4,11-16,18,20-25,30H2,1-3H3,(H,55,62,66). The van der Waals surface area contributed by atoms with Crippen molar-refractivity contribution in [2.24, 2.45) is 0 Å². The molecule has 2 N–H and O–H groups in total. The quantitative estimate of drug-likeness (QED) is 0.141. The van der Waals surface area contributed by atoms with Crippen LogP contribution in [-0.2, 0) is 16.1 Å². The number of imide groups is 1. The molecule has 5 aromatic rings. The Hall–Kier alpha value is -6.52. The summed E-state index contributed by atoms with van der Waals surface area (Å²) in [6.45, 7) is 4.51. The molecule has 0 atom stereocenters. The highest BCUT2D eigenvalue weighted by Gasteiger charge is 2.33. The fraction of sp³-hybridized carbons (Fsp3) is 0.400. The summed E-state index contributed by atoms with van der Waals surface area (Å²) in [7, 11) is 4.96. The second kappa shape index (κ2) is 19.4. The van der Waals surface area contributed by atoms with E-state index in [1.807, 2.05) is 35.4 Å². The lowest BCUT2D eigenvalue weighted by Gasteiger charge is -2.42. The average Bonchev–Trinajstić information content (AvgIpc) is 4.05. The third-order valence-electron chi connectivity index (χ3n) is 13.8. The lowest BCUT2D eigenvalue weighted by Crippen LogP contribution is -2.50. The smallest absolute Gasteiger partial charge is 0.328 e. The van der Waals surface area contributed by atoms with Crippen molar-refractivity contribution in [1.29, 1.82) is 0 Å². The van der Waals surface area contributed by atoms with Crippen LogP contribution < -0.4 is 15.0 Å². The third kappa shape index (κ3) is 9.41. The minimum Gasteiger partial charge on any atom is -0.496 e. The number of aromatic nitrogens is 3. The number of nitrogens with zero attached hydrogens (tertiary/aromatic N) is 7. The summed E-state index contributed by atoms with van der Waals surface area (Å²) in [4.78, 5) is 76.6. The second-order valence-corrected chi connectivity index (χ2v) is 18.4. The Labute approximate surface area is 393 Å². The van der Waals surface area contributed by atoms with Crippen LogP contribution in [0.5, 0.6) is 5.75 Å². The number of rotatable bonds is 11. The fourth-order valence-electron chi connectivity index (χ4n) is 10.1. The van der Waals surface area contributed by atoms with E-state index in [0.29, 0.717) is 83.1 Å². The number of hydrogen-bond acceptors (Lipinski definition) is 8. The molecule has 3 fully saturated rings. The van der Waals surface area contributed by atoms with E-state index in [1.165, 1.54) is 9.80 Å². The van der Waals surface area contributed by atoms with E-state index >= 15 is 4.39 Å². The van der Waals surface area contributed by atoms with Crippen LogP contribution in [0.3, 0.4) is 0 Å². The number of ether oxygens (including phenoxy) is 1. The van der Waals surface area contributed by atoms with E-state index in [0.717, 1.165) is 55.5 Å². The van der Waals surface area contributed by atoms with Gasteiger partial charge in [0.2, 0.25) is 11.8 Å². The van der Waals surface area contributed by atoms with E-state index in [4.69, 9.17) is 16.3 Å². The molecule has 15 nitrogen and oxygen atoms in total. The molecule has 0 bridgehead atoms. The number of H-pyrrole nitrogens is 1. The SMILES string of the molecule is COc1cc(C2CCN(C3CCN(C(=O)c4ccc(Cl)c(N5CCC(=O)NC5=O)c4)CC3)CC2)ccc1-c1cc(C2=CCCN(C(=O)CCn3cccn3)C2)c(F)c2[nH]c(C(=O)N(C)C)cc12. The highest BCUT2D eigenvalue weighted by atomic mass is 35.5. The van der Waals surface area contributed by atoms with E-state index < -0.39 is 11.8 Å². The van der Waals surface area contributed by atoms with Crippen molar-refractivity contribution in [3.63, 3.8) is 0 Å². The third-order valence-corrected chi connectivity index (χ3v) is 14.1. The number of nitrogens with one attached hydrogen (secondary N) is 2. The Bertz CT molecular complexity index is 2750. The van der Waals surface area contributed by atoms with Crippen molar-refractivity contribution in [2.45, 2.75) is 63.5 Å². The van der Waals surface area contributed by atoms with Gasteiger partial charge in [-0.1, -0.05) is 29.8 Å². The number of likely N-dealkylation sites (tertiary alicyclic amines) is 2. The average molecular weight is 932 g/mol. The van der Waals surface area contributed by atoms with Gasteiger partial charge in [-0.25, -0.2) is 9.18 Å². The Kier molecular flexibility index (Phi) is 13.2. The molecule has 17 heteroatoms. The number of hydrogen-bond donors (Lipinski definition) is 2. The predicted octanol–water partition coefficient (Wildman–Crippen LogP) is 7.17. The number of fused-ring (bicyclic) bond motifs is 1. The largest absolute Gasteiger partial charge is 0.496 e. The lowest BCUT2D eigenvalue weighted by molar-refractivity contribution is -0.131. The van der Waals surface area contributed by atoms with Gasteiger partial charge in [-0.15, -0.1) is 0 Å². The molecular weight excluding hydrogens is 877 g/mol. The first-order valence-corrected chi connectivity index (χ1v) is 23.4. The molecule has 4 aliphatic heterocycles. The second-order valence-electron chi connectivity index (χ2n) is 18.0. The van der Waals surface area contributed by atoms with Crippen molar-refractivity contribution >= 4 is 63.4 Å². The number of aryl methyl sites for hydroxylation is 1. The summed E-state index contributed by atoms with van der Waals surface area (Å²) in [6, 6.07) is 16.4. The zero-order valence-electron chi connectivity index (χ0n) is 38.0. The number of benzene rings is 3. The van der Waals surface area contributed by atoms with Crippen LogP contribution in [0.2, 0.25) is 5.02 Å². The summed E-state index contributed by atoms with van der Waals surface area (Å²) >= 11 is 6.44. The molecule has 2 aromatic heterocycles. The zero-order chi connectivity index (χ0) is 46.9. The minimum atomic E-state index is -0.551. The van der Waals surface area contributed by atoms with Crippen LogP contribution >= 0.6 is 11.6 Å². The number of aromatic amines is 1. The Balaban J connectivity index is 0.881.